The Balaban J connectivity index is 1.29. The molecule has 5 aliphatic rings. The number of carbonyl (C=O) groups excluding carboxylic acids is 2. The van der Waals surface area contributed by atoms with Crippen LogP contribution in [-0.4, -0.2) is 59.5 Å². The lowest BCUT2D eigenvalue weighted by molar-refractivity contribution is -0.138. The molecule has 0 unspecified atom stereocenters. The first-order valence-electron chi connectivity index (χ1n) is 15.5. The van der Waals surface area contributed by atoms with Crippen LogP contribution in [0.1, 0.15) is 69.6 Å². The second-order valence-corrected chi connectivity index (χ2v) is 13.3. The Bertz CT molecular complexity index is 1420. The van der Waals surface area contributed by atoms with Gasteiger partial charge in [-0.3, -0.25) is 14.5 Å². The average molecular weight is 553 g/mol. The summed E-state index contributed by atoms with van der Waals surface area (Å²) in [6.45, 7) is 8.66. The van der Waals surface area contributed by atoms with Crippen molar-refractivity contribution in [3.05, 3.63) is 59.2 Å². The molecule has 0 N–H and O–H groups in total. The van der Waals surface area contributed by atoms with Crippen molar-refractivity contribution < 1.29 is 19.1 Å². The van der Waals surface area contributed by atoms with E-state index in [9.17, 15) is 9.59 Å². The van der Waals surface area contributed by atoms with Crippen LogP contribution in [0.25, 0.3) is 0 Å². The van der Waals surface area contributed by atoms with Crippen LogP contribution in [-0.2, 0) is 21.4 Å². The molecule has 2 aromatic carbocycles. The molecular formula is C35H40N2O4. The van der Waals surface area contributed by atoms with Crippen molar-refractivity contribution >= 4 is 11.9 Å². The van der Waals surface area contributed by atoms with E-state index in [1.54, 1.807) is 0 Å². The number of ether oxygens (including phenoxy) is 2. The first kappa shape index (κ1) is 26.6. The van der Waals surface area contributed by atoms with Crippen molar-refractivity contribution in [2.24, 2.45) is 17.8 Å². The van der Waals surface area contributed by atoms with Gasteiger partial charge >= 0.3 is 5.97 Å². The number of hydrogen-bond donors (Lipinski definition) is 0. The Labute approximate surface area is 243 Å². The molecule has 6 heteroatoms. The van der Waals surface area contributed by atoms with Gasteiger partial charge in [0.05, 0.1) is 6.04 Å². The van der Waals surface area contributed by atoms with E-state index < -0.39 is 0 Å². The lowest BCUT2D eigenvalue weighted by atomic mass is 9.50. The molecule has 2 saturated carbocycles. The summed E-state index contributed by atoms with van der Waals surface area (Å²) in [7, 11) is 0. The maximum Gasteiger partial charge on any atom is 0.308 e. The highest BCUT2D eigenvalue weighted by Gasteiger charge is 2.66. The summed E-state index contributed by atoms with van der Waals surface area (Å²) < 4.78 is 12.8. The van der Waals surface area contributed by atoms with Crippen molar-refractivity contribution in [3.63, 3.8) is 0 Å². The van der Waals surface area contributed by atoms with E-state index in [2.05, 4.69) is 30.6 Å². The fourth-order valence-corrected chi connectivity index (χ4v) is 8.51. The SMILES string of the molecule is CC(=O)Oc1ccc2c3c1C[C@@H]1[C@@H]4CC[C@H](N(CC(C)C)C(=O)C#Cc5ccccc5)[C@H](O2)[C@]34CCN1CC1CC1. The Kier molecular flexibility index (Phi) is 6.62. The molecule has 2 bridgehead atoms. The van der Waals surface area contributed by atoms with Gasteiger partial charge in [-0.15, -0.1) is 0 Å². The Hall–Kier alpha value is -3.30. The monoisotopic (exact) mass is 552 g/mol. The van der Waals surface area contributed by atoms with Gasteiger partial charge in [0.15, 0.2) is 0 Å². The maximum atomic E-state index is 13.8. The minimum atomic E-state index is -0.288. The molecular weight excluding hydrogens is 512 g/mol. The fraction of sp³-hybridized carbons (Fsp3) is 0.543. The molecule has 0 aromatic heterocycles. The molecule has 6 nitrogen and oxygen atoms in total. The van der Waals surface area contributed by atoms with Crippen molar-refractivity contribution in [1.82, 2.24) is 9.80 Å². The Morgan fingerprint density at radius 2 is 1.93 bits per heavy atom. The largest absolute Gasteiger partial charge is 0.487 e. The maximum absolute atomic E-state index is 13.8. The minimum absolute atomic E-state index is 0.0580. The summed E-state index contributed by atoms with van der Waals surface area (Å²) in [5.41, 5.74) is 3.06. The van der Waals surface area contributed by atoms with Crippen molar-refractivity contribution in [1.29, 1.82) is 0 Å². The second kappa shape index (κ2) is 10.2. The van der Waals surface area contributed by atoms with Gasteiger partial charge in [-0.2, -0.15) is 0 Å². The fourth-order valence-electron chi connectivity index (χ4n) is 8.51. The van der Waals surface area contributed by atoms with E-state index in [1.165, 1.54) is 25.3 Å². The number of amides is 1. The zero-order chi connectivity index (χ0) is 28.3. The molecule has 3 fully saturated rings. The van der Waals surface area contributed by atoms with E-state index in [4.69, 9.17) is 9.47 Å². The summed E-state index contributed by atoms with van der Waals surface area (Å²) >= 11 is 0. The van der Waals surface area contributed by atoms with E-state index in [0.717, 1.165) is 61.6 Å². The molecule has 1 amide bonds. The van der Waals surface area contributed by atoms with Crippen LogP contribution < -0.4 is 9.47 Å². The third kappa shape index (κ3) is 4.54. The first-order valence-corrected chi connectivity index (χ1v) is 15.5. The third-order valence-electron chi connectivity index (χ3n) is 10.2. The number of nitrogens with zero attached hydrogens (tertiary/aromatic N) is 2. The molecule has 214 valence electrons. The molecule has 2 heterocycles. The van der Waals surface area contributed by atoms with E-state index in [1.807, 2.05) is 47.4 Å². The van der Waals surface area contributed by atoms with Crippen LogP contribution >= 0.6 is 0 Å². The highest BCUT2D eigenvalue weighted by molar-refractivity contribution is 5.94. The Morgan fingerprint density at radius 1 is 1.12 bits per heavy atom. The van der Waals surface area contributed by atoms with Gasteiger partial charge in [0, 0.05) is 54.1 Å². The van der Waals surface area contributed by atoms with Crippen LogP contribution in [0.4, 0.5) is 0 Å². The minimum Gasteiger partial charge on any atom is -0.487 e. The van der Waals surface area contributed by atoms with Crippen LogP contribution in [0.2, 0.25) is 0 Å². The van der Waals surface area contributed by atoms with Crippen molar-refractivity contribution in [2.45, 2.75) is 82.9 Å². The molecule has 5 atom stereocenters. The third-order valence-corrected chi connectivity index (χ3v) is 10.2. The van der Waals surface area contributed by atoms with Gasteiger partial charge in [0.25, 0.3) is 5.91 Å². The second-order valence-electron chi connectivity index (χ2n) is 13.3. The molecule has 2 aliphatic heterocycles. The van der Waals surface area contributed by atoms with Crippen molar-refractivity contribution in [2.75, 3.05) is 19.6 Å². The summed E-state index contributed by atoms with van der Waals surface area (Å²) in [5, 5.41) is 0. The summed E-state index contributed by atoms with van der Waals surface area (Å²) in [5.74, 6) is 8.85. The van der Waals surface area contributed by atoms with Gasteiger partial charge in [0.1, 0.15) is 17.6 Å². The van der Waals surface area contributed by atoms with E-state index >= 15 is 0 Å². The van der Waals surface area contributed by atoms with Crippen LogP contribution in [0.15, 0.2) is 42.5 Å². The van der Waals surface area contributed by atoms with Gasteiger partial charge < -0.3 is 14.4 Å². The van der Waals surface area contributed by atoms with Gasteiger partial charge in [-0.25, -0.2) is 0 Å². The molecule has 7 rings (SSSR count). The van der Waals surface area contributed by atoms with E-state index in [0.29, 0.717) is 30.2 Å². The molecule has 0 radical (unpaired) electrons. The summed E-state index contributed by atoms with van der Waals surface area (Å²) in [6, 6.07) is 14.0. The van der Waals surface area contributed by atoms with Crippen LogP contribution in [0.3, 0.4) is 0 Å². The predicted octanol–water partition coefficient (Wildman–Crippen LogP) is 4.97. The zero-order valence-corrected chi connectivity index (χ0v) is 24.4. The number of benzene rings is 2. The lowest BCUT2D eigenvalue weighted by Gasteiger charge is -2.60. The molecule has 41 heavy (non-hydrogen) atoms. The average Bonchev–Trinajstić information content (AvgIpc) is 3.71. The number of esters is 1. The van der Waals surface area contributed by atoms with Crippen LogP contribution in [0.5, 0.6) is 11.5 Å². The van der Waals surface area contributed by atoms with Gasteiger partial charge in [-0.1, -0.05) is 38.0 Å². The van der Waals surface area contributed by atoms with Gasteiger partial charge in [0.2, 0.25) is 0 Å². The zero-order valence-electron chi connectivity index (χ0n) is 24.4. The number of hydrogen-bond acceptors (Lipinski definition) is 5. The lowest BCUT2D eigenvalue weighted by Crippen LogP contribution is -2.69. The smallest absolute Gasteiger partial charge is 0.308 e. The summed E-state index contributed by atoms with van der Waals surface area (Å²) in [4.78, 5) is 30.7. The quantitative estimate of drug-likeness (QED) is 0.288. The normalized spacial score (nSPS) is 29.2. The topological polar surface area (TPSA) is 59.1 Å². The van der Waals surface area contributed by atoms with E-state index in [-0.39, 0.29) is 29.4 Å². The number of rotatable bonds is 6. The number of carbonyl (C=O) groups is 2. The summed E-state index contributed by atoms with van der Waals surface area (Å²) in [6.07, 6.45) is 6.41. The standard InChI is InChI=1S/C35H40N2O4/c1-22(2)20-37(32(39)16-11-24-7-5-4-6-8-24)28-13-12-27-29-19-26-30(40-23(3)38)14-15-31-33(26)35(27,34(28)41-31)17-18-36(29)21-25-9-10-25/h4-8,14-15,22,25,27-29,34H,9-10,12-13,17-21H2,1-3H3/t27-,28-,29+,34-,35-/m0/s1. The van der Waals surface area contributed by atoms with Crippen LogP contribution in [0, 0.1) is 29.6 Å². The van der Waals surface area contributed by atoms with Crippen molar-refractivity contribution in [3.8, 4) is 23.3 Å². The number of likely N-dealkylation sites (tertiary alicyclic amines) is 1. The molecule has 1 spiro atoms. The van der Waals surface area contributed by atoms with Gasteiger partial charge in [-0.05, 0) is 87.1 Å². The highest BCUT2D eigenvalue weighted by Crippen LogP contribution is 2.64. The predicted molar refractivity (Wildman–Crippen MR) is 157 cm³/mol. The molecule has 3 aliphatic carbocycles. The molecule has 2 aromatic rings. The molecule has 1 saturated heterocycles. The highest BCUT2D eigenvalue weighted by atomic mass is 16.5. The Morgan fingerprint density at radius 3 is 2.66 bits per heavy atom. The first-order chi connectivity index (χ1) is 19.8. The number of piperidine rings is 1.